The minimum atomic E-state index is -0.265. The standard InChI is InChI=1S/C22H28N2O3/c1-14-10-15(2)21(16(3)11-14)23-22(25)17(4)24(5)13-18-6-7-19-20(12-18)27-9-8-26-19/h6-7,10-12,17H,8-9,13H2,1-5H3,(H,23,25)/t17-/m0/s1. The number of likely N-dealkylation sites (N-methyl/N-ethyl adjacent to an activating group) is 1. The van der Waals surface area contributed by atoms with Crippen molar-refractivity contribution in [1.82, 2.24) is 4.90 Å². The number of nitrogens with zero attached hydrogens (tertiary/aromatic N) is 1. The van der Waals surface area contributed by atoms with E-state index in [1.807, 2.05) is 50.9 Å². The van der Waals surface area contributed by atoms with Gasteiger partial charge in [-0.2, -0.15) is 0 Å². The van der Waals surface area contributed by atoms with Crippen molar-refractivity contribution in [1.29, 1.82) is 0 Å². The first kappa shape index (κ1) is 19.2. The largest absolute Gasteiger partial charge is 0.486 e. The lowest BCUT2D eigenvalue weighted by atomic mass is 10.0. The molecule has 2 aromatic carbocycles. The fourth-order valence-electron chi connectivity index (χ4n) is 3.42. The van der Waals surface area contributed by atoms with Gasteiger partial charge < -0.3 is 14.8 Å². The Labute approximate surface area is 161 Å². The van der Waals surface area contributed by atoms with E-state index in [0.29, 0.717) is 19.8 Å². The van der Waals surface area contributed by atoms with Crippen molar-refractivity contribution in [2.75, 3.05) is 25.6 Å². The Kier molecular flexibility index (Phi) is 5.71. The molecule has 0 aromatic heterocycles. The van der Waals surface area contributed by atoms with Gasteiger partial charge in [-0.15, -0.1) is 0 Å². The van der Waals surface area contributed by atoms with Gasteiger partial charge in [-0.3, -0.25) is 9.69 Å². The van der Waals surface area contributed by atoms with E-state index in [4.69, 9.17) is 9.47 Å². The second-order valence-electron chi connectivity index (χ2n) is 7.33. The molecule has 0 unspecified atom stereocenters. The van der Waals surface area contributed by atoms with Gasteiger partial charge in [0.15, 0.2) is 11.5 Å². The molecule has 1 amide bonds. The highest BCUT2D eigenvalue weighted by Crippen LogP contribution is 2.31. The summed E-state index contributed by atoms with van der Waals surface area (Å²) in [6, 6.07) is 9.85. The first-order valence-corrected chi connectivity index (χ1v) is 9.32. The number of aryl methyl sites for hydroxylation is 3. The number of carbonyl (C=O) groups is 1. The molecular weight excluding hydrogens is 340 g/mol. The molecule has 0 bridgehead atoms. The summed E-state index contributed by atoms with van der Waals surface area (Å²) in [7, 11) is 1.95. The smallest absolute Gasteiger partial charge is 0.241 e. The van der Waals surface area contributed by atoms with Crippen molar-refractivity contribution in [2.24, 2.45) is 0 Å². The van der Waals surface area contributed by atoms with Crippen LogP contribution in [0, 0.1) is 20.8 Å². The summed E-state index contributed by atoms with van der Waals surface area (Å²) in [6.45, 7) is 9.85. The van der Waals surface area contributed by atoms with Crippen molar-refractivity contribution >= 4 is 11.6 Å². The van der Waals surface area contributed by atoms with Crippen molar-refractivity contribution in [3.63, 3.8) is 0 Å². The average Bonchev–Trinajstić information content (AvgIpc) is 2.63. The summed E-state index contributed by atoms with van der Waals surface area (Å²) < 4.78 is 11.2. The molecule has 2 aromatic rings. The summed E-state index contributed by atoms with van der Waals surface area (Å²) >= 11 is 0. The number of hydrogen-bond acceptors (Lipinski definition) is 4. The molecule has 5 heteroatoms. The number of rotatable bonds is 5. The summed E-state index contributed by atoms with van der Waals surface area (Å²) in [4.78, 5) is 14.8. The topological polar surface area (TPSA) is 50.8 Å². The molecule has 0 fully saturated rings. The number of anilines is 1. The second-order valence-corrected chi connectivity index (χ2v) is 7.33. The number of fused-ring (bicyclic) bond motifs is 1. The van der Waals surface area contributed by atoms with Gasteiger partial charge >= 0.3 is 0 Å². The molecule has 0 spiro atoms. The minimum Gasteiger partial charge on any atom is -0.486 e. The molecule has 0 aliphatic carbocycles. The molecule has 27 heavy (non-hydrogen) atoms. The Bertz CT molecular complexity index is 824. The molecule has 0 saturated heterocycles. The van der Waals surface area contributed by atoms with Gasteiger partial charge in [0, 0.05) is 12.2 Å². The molecule has 0 saturated carbocycles. The summed E-state index contributed by atoms with van der Waals surface area (Å²) in [5.41, 5.74) is 5.37. The molecular formula is C22H28N2O3. The Morgan fingerprint density at radius 3 is 2.37 bits per heavy atom. The lowest BCUT2D eigenvalue weighted by Gasteiger charge is -2.25. The monoisotopic (exact) mass is 368 g/mol. The lowest BCUT2D eigenvalue weighted by molar-refractivity contribution is -0.120. The van der Waals surface area contributed by atoms with Crippen LogP contribution in [0.5, 0.6) is 11.5 Å². The van der Waals surface area contributed by atoms with E-state index in [9.17, 15) is 4.79 Å². The van der Waals surface area contributed by atoms with Gasteiger partial charge in [-0.05, 0) is 63.6 Å². The Morgan fingerprint density at radius 2 is 1.70 bits per heavy atom. The van der Waals surface area contributed by atoms with Crippen LogP contribution in [-0.2, 0) is 11.3 Å². The molecule has 1 aliphatic rings. The van der Waals surface area contributed by atoms with E-state index in [1.54, 1.807) is 0 Å². The van der Waals surface area contributed by atoms with Crippen LogP contribution < -0.4 is 14.8 Å². The molecule has 3 rings (SSSR count). The van der Waals surface area contributed by atoms with Gasteiger partial charge in [-0.1, -0.05) is 23.8 Å². The van der Waals surface area contributed by atoms with E-state index < -0.39 is 0 Å². The van der Waals surface area contributed by atoms with E-state index >= 15 is 0 Å². The zero-order chi connectivity index (χ0) is 19.6. The normalized spacial score (nSPS) is 14.1. The highest BCUT2D eigenvalue weighted by Gasteiger charge is 2.20. The van der Waals surface area contributed by atoms with Crippen molar-refractivity contribution < 1.29 is 14.3 Å². The zero-order valence-electron chi connectivity index (χ0n) is 16.8. The van der Waals surface area contributed by atoms with Gasteiger partial charge in [0.1, 0.15) is 13.2 Å². The summed E-state index contributed by atoms with van der Waals surface area (Å²) in [5, 5.41) is 3.10. The van der Waals surface area contributed by atoms with Crippen LogP contribution in [0.1, 0.15) is 29.2 Å². The fraction of sp³-hybridized carbons (Fsp3) is 0.409. The SMILES string of the molecule is Cc1cc(C)c(NC(=O)[C@H](C)N(C)Cc2ccc3c(c2)OCCO3)c(C)c1. The van der Waals surface area contributed by atoms with E-state index in [2.05, 4.69) is 24.4 Å². The number of amides is 1. The average molecular weight is 368 g/mol. The molecule has 1 aliphatic heterocycles. The third-order valence-corrected chi connectivity index (χ3v) is 5.00. The quantitative estimate of drug-likeness (QED) is 0.871. The van der Waals surface area contributed by atoms with Crippen LogP contribution >= 0.6 is 0 Å². The third-order valence-electron chi connectivity index (χ3n) is 5.00. The number of carbonyl (C=O) groups excluding carboxylic acids is 1. The van der Waals surface area contributed by atoms with Crippen LogP contribution in [0.4, 0.5) is 5.69 Å². The fourth-order valence-corrected chi connectivity index (χ4v) is 3.42. The van der Waals surface area contributed by atoms with Crippen LogP contribution in [0.2, 0.25) is 0 Å². The van der Waals surface area contributed by atoms with E-state index in [1.165, 1.54) is 5.56 Å². The second kappa shape index (κ2) is 8.01. The zero-order valence-corrected chi connectivity index (χ0v) is 16.8. The number of ether oxygens (including phenoxy) is 2. The van der Waals surface area contributed by atoms with E-state index in [0.717, 1.165) is 33.9 Å². The van der Waals surface area contributed by atoms with Gasteiger partial charge in [0.2, 0.25) is 5.91 Å². The predicted molar refractivity (Wildman–Crippen MR) is 108 cm³/mol. The van der Waals surface area contributed by atoms with Gasteiger partial charge in [-0.25, -0.2) is 0 Å². The molecule has 144 valence electrons. The minimum absolute atomic E-state index is 0.00917. The third kappa shape index (κ3) is 4.42. The van der Waals surface area contributed by atoms with Crippen molar-refractivity contribution in [3.8, 4) is 11.5 Å². The van der Waals surface area contributed by atoms with Crippen LogP contribution in [0.15, 0.2) is 30.3 Å². The van der Waals surface area contributed by atoms with Gasteiger partial charge in [0.05, 0.1) is 6.04 Å². The predicted octanol–water partition coefficient (Wildman–Crippen LogP) is 3.84. The van der Waals surface area contributed by atoms with Crippen LogP contribution in [0.3, 0.4) is 0 Å². The molecule has 1 N–H and O–H groups in total. The highest BCUT2D eigenvalue weighted by molar-refractivity contribution is 5.95. The highest BCUT2D eigenvalue weighted by atomic mass is 16.6. The Hall–Kier alpha value is -2.53. The Morgan fingerprint density at radius 1 is 1.07 bits per heavy atom. The maximum Gasteiger partial charge on any atom is 0.241 e. The van der Waals surface area contributed by atoms with Gasteiger partial charge in [0.25, 0.3) is 0 Å². The lowest BCUT2D eigenvalue weighted by Crippen LogP contribution is -2.39. The molecule has 5 nitrogen and oxygen atoms in total. The number of benzene rings is 2. The number of hydrogen-bond donors (Lipinski definition) is 1. The molecule has 1 heterocycles. The van der Waals surface area contributed by atoms with Crippen molar-refractivity contribution in [3.05, 3.63) is 52.6 Å². The molecule has 1 atom stereocenters. The van der Waals surface area contributed by atoms with Crippen LogP contribution in [0.25, 0.3) is 0 Å². The van der Waals surface area contributed by atoms with E-state index in [-0.39, 0.29) is 11.9 Å². The summed E-state index contributed by atoms with van der Waals surface area (Å²) in [6.07, 6.45) is 0. The first-order valence-electron chi connectivity index (χ1n) is 9.32. The first-order chi connectivity index (χ1) is 12.8. The number of nitrogens with one attached hydrogen (secondary N) is 1. The van der Waals surface area contributed by atoms with Crippen molar-refractivity contribution in [2.45, 2.75) is 40.3 Å². The molecule has 0 radical (unpaired) electrons. The summed E-state index contributed by atoms with van der Waals surface area (Å²) in [5.74, 6) is 1.55. The maximum absolute atomic E-state index is 12.8. The maximum atomic E-state index is 12.8. The van der Waals surface area contributed by atoms with Crippen LogP contribution in [-0.4, -0.2) is 37.1 Å². The Balaban J connectivity index is 1.66.